The van der Waals surface area contributed by atoms with Crippen LogP contribution in [0.1, 0.15) is 64.9 Å². The van der Waals surface area contributed by atoms with E-state index in [2.05, 4.69) is 51.8 Å². The number of rotatable bonds is 1. The highest BCUT2D eigenvalue weighted by Crippen LogP contribution is 2.53. The second-order valence-corrected chi connectivity index (χ2v) is 10.0. The summed E-state index contributed by atoms with van der Waals surface area (Å²) < 4.78 is 0. The van der Waals surface area contributed by atoms with Crippen LogP contribution in [0.25, 0.3) is 0 Å². The smallest absolute Gasteiger partial charge is 0.162 e. The van der Waals surface area contributed by atoms with Crippen molar-refractivity contribution in [2.24, 2.45) is 10.8 Å². The average molecular weight is 364 g/mol. The molecular weight excluding hydrogens is 334 g/mol. The van der Waals surface area contributed by atoms with Gasteiger partial charge < -0.3 is 4.90 Å². The Morgan fingerprint density at radius 3 is 1.67 bits per heavy atom. The molecule has 1 heterocycles. The van der Waals surface area contributed by atoms with E-state index in [1.54, 1.807) is 0 Å². The first-order valence-electron chi connectivity index (χ1n) is 9.91. The van der Waals surface area contributed by atoms with Crippen molar-refractivity contribution in [1.82, 2.24) is 4.90 Å². The lowest BCUT2D eigenvalue weighted by Gasteiger charge is -2.47. The van der Waals surface area contributed by atoms with E-state index in [0.29, 0.717) is 12.8 Å². The van der Waals surface area contributed by atoms with Crippen LogP contribution in [0.2, 0.25) is 0 Å². The summed E-state index contributed by atoms with van der Waals surface area (Å²) >= 11 is 0. The predicted molar refractivity (Wildman–Crippen MR) is 107 cm³/mol. The third-order valence-corrected chi connectivity index (χ3v) is 6.31. The summed E-state index contributed by atoms with van der Waals surface area (Å²) in [4.78, 5) is 28.7. The van der Waals surface area contributed by atoms with Gasteiger partial charge in [0.05, 0.1) is 0 Å². The van der Waals surface area contributed by atoms with Gasteiger partial charge in [0.15, 0.2) is 11.6 Å². The number of carbonyl (C=O) groups is 2. The molecule has 4 rings (SSSR count). The molecule has 0 aromatic heterocycles. The molecule has 142 valence electrons. The van der Waals surface area contributed by atoms with E-state index in [0.717, 1.165) is 40.9 Å². The lowest BCUT2D eigenvalue weighted by atomic mass is 9.64. The Balaban J connectivity index is 1.96. The zero-order valence-corrected chi connectivity index (χ0v) is 17.1. The first-order chi connectivity index (χ1) is 12.6. The van der Waals surface area contributed by atoms with Crippen molar-refractivity contribution in [2.45, 2.75) is 59.3 Å². The van der Waals surface area contributed by atoms with E-state index in [4.69, 9.17) is 0 Å². The van der Waals surface area contributed by atoms with Crippen LogP contribution in [0.3, 0.4) is 0 Å². The van der Waals surface area contributed by atoms with Crippen molar-refractivity contribution in [3.63, 3.8) is 0 Å². The Bertz CT molecular complexity index is 832. The Kier molecular flexibility index (Phi) is 3.99. The van der Waals surface area contributed by atoms with Crippen molar-refractivity contribution in [2.75, 3.05) is 7.05 Å². The molecule has 1 aromatic rings. The van der Waals surface area contributed by atoms with Gasteiger partial charge in [-0.05, 0) is 29.2 Å². The van der Waals surface area contributed by atoms with Crippen LogP contribution >= 0.6 is 0 Å². The maximum atomic E-state index is 13.3. The molecule has 1 aromatic carbocycles. The van der Waals surface area contributed by atoms with Crippen molar-refractivity contribution in [3.05, 3.63) is 58.4 Å². The van der Waals surface area contributed by atoms with E-state index < -0.39 is 0 Å². The summed E-state index contributed by atoms with van der Waals surface area (Å²) in [7, 11) is 2.05. The second kappa shape index (κ2) is 5.92. The van der Waals surface area contributed by atoms with Crippen LogP contribution in [0.4, 0.5) is 0 Å². The van der Waals surface area contributed by atoms with Gasteiger partial charge in [-0.15, -0.1) is 0 Å². The summed E-state index contributed by atoms with van der Waals surface area (Å²) in [6.07, 6.45) is 2.84. The molecule has 1 aliphatic heterocycles. The molecule has 0 unspecified atom stereocenters. The zero-order chi connectivity index (χ0) is 19.6. The molecule has 2 aliphatic carbocycles. The Morgan fingerprint density at radius 1 is 0.778 bits per heavy atom. The van der Waals surface area contributed by atoms with Crippen molar-refractivity contribution in [3.8, 4) is 0 Å². The number of nitrogens with zero attached hydrogens (tertiary/aromatic N) is 1. The van der Waals surface area contributed by atoms with E-state index >= 15 is 0 Å². The fraction of sp³-hybridized carbons (Fsp3) is 0.500. The van der Waals surface area contributed by atoms with Crippen LogP contribution in [-0.2, 0) is 9.59 Å². The minimum atomic E-state index is -0.209. The minimum Gasteiger partial charge on any atom is -0.351 e. The minimum absolute atomic E-state index is 0.0440. The highest BCUT2D eigenvalue weighted by Gasteiger charge is 2.47. The number of carbonyl (C=O) groups excluding carboxylic acids is 2. The van der Waals surface area contributed by atoms with Gasteiger partial charge in [-0.3, -0.25) is 9.59 Å². The molecular formula is C24H29NO2. The van der Waals surface area contributed by atoms with Crippen molar-refractivity contribution >= 4 is 11.6 Å². The lowest BCUT2D eigenvalue weighted by Crippen LogP contribution is -2.43. The van der Waals surface area contributed by atoms with Crippen molar-refractivity contribution < 1.29 is 9.59 Å². The molecule has 3 aliphatic rings. The summed E-state index contributed by atoms with van der Waals surface area (Å²) in [5.41, 5.74) is 4.93. The van der Waals surface area contributed by atoms with Gasteiger partial charge in [-0.25, -0.2) is 0 Å². The number of Topliss-reactive ketones (excluding diaryl/α,β-unsaturated/α-hetero) is 2. The Labute approximate surface area is 162 Å². The fourth-order valence-electron chi connectivity index (χ4n) is 5.14. The van der Waals surface area contributed by atoms with Crippen LogP contribution < -0.4 is 0 Å². The summed E-state index contributed by atoms with van der Waals surface area (Å²) in [5.74, 6) is 0.192. The molecule has 0 atom stereocenters. The molecule has 0 bridgehead atoms. The van der Waals surface area contributed by atoms with Crippen LogP contribution in [-0.4, -0.2) is 23.5 Å². The van der Waals surface area contributed by atoms with E-state index in [1.165, 1.54) is 0 Å². The quantitative estimate of drug-likeness (QED) is 0.704. The Hall–Kier alpha value is -2.16. The third-order valence-electron chi connectivity index (χ3n) is 6.31. The molecule has 0 N–H and O–H groups in total. The SMILES string of the molecule is CN1C2=C(C(=O)CC(C)(C)C2)C(c2ccccc2)C2=C1CC(C)(C)CC2=O. The normalized spacial score (nSPS) is 24.9. The maximum absolute atomic E-state index is 13.3. The monoisotopic (exact) mass is 363 g/mol. The van der Waals surface area contributed by atoms with Gasteiger partial charge in [0.2, 0.25) is 0 Å². The van der Waals surface area contributed by atoms with Crippen LogP contribution in [0.15, 0.2) is 52.9 Å². The summed E-state index contributed by atoms with van der Waals surface area (Å²) in [6.45, 7) is 8.67. The third kappa shape index (κ3) is 2.97. The van der Waals surface area contributed by atoms with Crippen LogP contribution in [0, 0.1) is 10.8 Å². The average Bonchev–Trinajstić information content (AvgIpc) is 2.56. The van der Waals surface area contributed by atoms with Gasteiger partial charge in [0, 0.05) is 48.3 Å². The lowest BCUT2D eigenvalue weighted by molar-refractivity contribution is -0.119. The van der Waals surface area contributed by atoms with E-state index in [-0.39, 0.29) is 28.3 Å². The number of hydrogen-bond acceptors (Lipinski definition) is 3. The second-order valence-electron chi connectivity index (χ2n) is 10.0. The van der Waals surface area contributed by atoms with Gasteiger partial charge in [0.1, 0.15) is 0 Å². The number of ketones is 2. The van der Waals surface area contributed by atoms with Crippen molar-refractivity contribution in [1.29, 1.82) is 0 Å². The zero-order valence-electron chi connectivity index (χ0n) is 17.1. The molecule has 0 amide bonds. The fourth-order valence-corrected chi connectivity index (χ4v) is 5.14. The highest BCUT2D eigenvalue weighted by molar-refractivity contribution is 6.06. The number of hydrogen-bond donors (Lipinski definition) is 0. The van der Waals surface area contributed by atoms with Gasteiger partial charge in [0.25, 0.3) is 0 Å². The molecule has 3 heteroatoms. The molecule has 27 heavy (non-hydrogen) atoms. The summed E-state index contributed by atoms with van der Waals surface area (Å²) in [6, 6.07) is 10.1. The van der Waals surface area contributed by atoms with Crippen LogP contribution in [0.5, 0.6) is 0 Å². The number of allylic oxidation sites excluding steroid dienone is 4. The number of benzene rings is 1. The van der Waals surface area contributed by atoms with E-state index in [1.807, 2.05) is 18.2 Å². The Morgan fingerprint density at radius 2 is 1.22 bits per heavy atom. The molecule has 0 radical (unpaired) electrons. The maximum Gasteiger partial charge on any atom is 0.162 e. The molecule has 0 saturated heterocycles. The van der Waals surface area contributed by atoms with Gasteiger partial charge >= 0.3 is 0 Å². The standard InChI is InChI=1S/C24H29NO2/c1-23(2)11-16-21(18(26)13-23)20(15-9-7-6-8-10-15)22-17(25(16)5)12-24(3,4)14-19(22)27/h6-10,20H,11-14H2,1-5H3. The topological polar surface area (TPSA) is 37.4 Å². The molecule has 0 saturated carbocycles. The van der Waals surface area contributed by atoms with E-state index in [9.17, 15) is 9.59 Å². The van der Waals surface area contributed by atoms with Gasteiger partial charge in [-0.2, -0.15) is 0 Å². The predicted octanol–water partition coefficient (Wildman–Crippen LogP) is 5.00. The summed E-state index contributed by atoms with van der Waals surface area (Å²) in [5, 5.41) is 0. The van der Waals surface area contributed by atoms with Gasteiger partial charge in [-0.1, -0.05) is 58.0 Å². The molecule has 0 spiro atoms. The largest absolute Gasteiger partial charge is 0.351 e. The highest BCUT2D eigenvalue weighted by atomic mass is 16.1. The molecule has 0 fully saturated rings. The first-order valence-corrected chi connectivity index (χ1v) is 9.91. The first kappa shape index (κ1) is 18.2. The molecule has 3 nitrogen and oxygen atoms in total.